The summed E-state index contributed by atoms with van der Waals surface area (Å²) in [5, 5.41) is 2.75. The van der Waals surface area contributed by atoms with Crippen molar-refractivity contribution in [3.05, 3.63) is 0 Å². The Bertz CT molecular complexity index is 47.0. The second kappa shape index (κ2) is 9.81. The molecule has 0 amide bonds. The molecular weight excluding hydrogens is 156 g/mol. The van der Waals surface area contributed by atoms with Crippen molar-refractivity contribution in [1.29, 1.82) is 0 Å². The highest BCUT2D eigenvalue weighted by molar-refractivity contribution is 7.95. The van der Waals surface area contributed by atoms with Crippen LogP contribution in [0.5, 0.6) is 0 Å². The van der Waals surface area contributed by atoms with E-state index in [-0.39, 0.29) is 0 Å². The number of rotatable bonds is 0. The van der Waals surface area contributed by atoms with E-state index in [1.165, 1.54) is 0 Å². The summed E-state index contributed by atoms with van der Waals surface area (Å²) in [7, 11) is 3.75. The van der Waals surface area contributed by atoms with Crippen LogP contribution in [-0.4, -0.2) is 14.1 Å². The highest BCUT2D eigenvalue weighted by Gasteiger charge is 1.97. The van der Waals surface area contributed by atoms with Gasteiger partial charge in [-0.05, 0) is 18.7 Å². The van der Waals surface area contributed by atoms with Crippen LogP contribution in [0.15, 0.2) is 0 Å². The van der Waals surface area contributed by atoms with E-state index in [0.717, 1.165) is 0 Å². The average Bonchev–Trinajstić information content (AvgIpc) is 1.33. The van der Waals surface area contributed by atoms with Crippen molar-refractivity contribution in [2.24, 2.45) is 0 Å². The van der Waals surface area contributed by atoms with E-state index in [0.29, 0.717) is 0 Å². The normalized spacial score (nSPS) is 6.29. The van der Waals surface area contributed by atoms with Gasteiger partial charge in [0.2, 0.25) is 22.5 Å². The van der Waals surface area contributed by atoms with Gasteiger partial charge in [-0.3, -0.25) is 0 Å². The SMILES string of the molecule is CNC.O=[P+](Cl)Cl. The first-order chi connectivity index (χ1) is 3.15. The predicted molar refractivity (Wildman–Crippen MR) is 34.3 cm³/mol. The standard InChI is InChI=1S/C2H7N.Cl2OP/c1-3-2;1-4(2)3/h3H,1-2H3;/q;+1. The monoisotopic (exact) mass is 162 g/mol. The molecule has 0 aromatic rings. The molecule has 44 valence electrons. The molecular formula is C2H7Cl2NOP+. The first kappa shape index (κ1) is 10.6. The molecule has 0 fully saturated rings. The maximum atomic E-state index is 9.12. The third kappa shape index (κ3) is 349. The third-order valence-corrected chi connectivity index (χ3v) is 0. The van der Waals surface area contributed by atoms with Crippen LogP contribution in [0, 0.1) is 0 Å². The molecule has 7 heavy (non-hydrogen) atoms. The van der Waals surface area contributed by atoms with Gasteiger partial charge in [0, 0.05) is 0 Å². The molecule has 0 saturated carbocycles. The molecule has 0 atom stereocenters. The van der Waals surface area contributed by atoms with Crippen molar-refractivity contribution >= 4 is 29.0 Å². The van der Waals surface area contributed by atoms with Crippen LogP contribution >= 0.6 is 29.0 Å². The molecule has 0 saturated heterocycles. The van der Waals surface area contributed by atoms with Crippen LogP contribution in [0.4, 0.5) is 0 Å². The summed E-state index contributed by atoms with van der Waals surface area (Å²) >= 11 is 9.10. The minimum atomic E-state index is -1.93. The quantitative estimate of drug-likeness (QED) is 0.553. The molecule has 5 heteroatoms. The number of halogens is 2. The zero-order valence-electron chi connectivity index (χ0n) is 4.11. The average molecular weight is 163 g/mol. The second-order valence-electron chi connectivity index (χ2n) is 0.702. The summed E-state index contributed by atoms with van der Waals surface area (Å²) in [5.74, 6) is 0. The van der Waals surface area contributed by atoms with Gasteiger partial charge >= 0.3 is 6.51 Å². The lowest BCUT2D eigenvalue weighted by atomic mass is 11.3. The maximum absolute atomic E-state index is 9.12. The molecule has 0 unspecified atom stereocenters. The van der Waals surface area contributed by atoms with Gasteiger partial charge in [-0.2, -0.15) is 0 Å². The third-order valence-electron chi connectivity index (χ3n) is 0. The van der Waals surface area contributed by atoms with Gasteiger partial charge in [0.15, 0.2) is 0 Å². The van der Waals surface area contributed by atoms with Crippen molar-refractivity contribution < 1.29 is 4.57 Å². The van der Waals surface area contributed by atoms with Gasteiger partial charge in [-0.25, -0.2) is 0 Å². The number of nitrogens with one attached hydrogen (secondary N) is 1. The van der Waals surface area contributed by atoms with E-state index in [2.05, 4.69) is 27.8 Å². The lowest BCUT2D eigenvalue weighted by Gasteiger charge is -1.59. The molecule has 0 aliphatic carbocycles. The van der Waals surface area contributed by atoms with Crippen LogP contribution in [0.3, 0.4) is 0 Å². The topological polar surface area (TPSA) is 29.1 Å². The Morgan fingerprint density at radius 3 is 1.43 bits per heavy atom. The zero-order chi connectivity index (χ0) is 6.28. The molecule has 0 spiro atoms. The van der Waals surface area contributed by atoms with Crippen molar-refractivity contribution in [3.8, 4) is 0 Å². The Balaban J connectivity index is 0. The smallest absolute Gasteiger partial charge is 0.323 e. The Kier molecular flexibility index (Phi) is 14.8. The second-order valence-corrected chi connectivity index (χ2v) is 3.47. The van der Waals surface area contributed by atoms with Gasteiger partial charge in [0.25, 0.3) is 0 Å². The summed E-state index contributed by atoms with van der Waals surface area (Å²) in [6, 6.07) is 0. The first-order valence-electron chi connectivity index (χ1n) is 1.52. The molecule has 0 aliphatic heterocycles. The van der Waals surface area contributed by atoms with E-state index >= 15 is 0 Å². The van der Waals surface area contributed by atoms with Gasteiger partial charge < -0.3 is 5.32 Å². The molecule has 1 N–H and O–H groups in total. The molecule has 2 nitrogen and oxygen atoms in total. The van der Waals surface area contributed by atoms with Gasteiger partial charge in [-0.1, -0.05) is 0 Å². The van der Waals surface area contributed by atoms with Gasteiger partial charge in [0.1, 0.15) is 0 Å². The lowest BCUT2D eigenvalue weighted by molar-refractivity contribution is 0.602. The summed E-state index contributed by atoms with van der Waals surface area (Å²) in [6.07, 6.45) is 0. The zero-order valence-corrected chi connectivity index (χ0v) is 6.52. The van der Waals surface area contributed by atoms with Crippen LogP contribution < -0.4 is 5.32 Å². The molecule has 0 aliphatic rings. The fraction of sp³-hybridized carbons (Fsp3) is 1.00. The van der Waals surface area contributed by atoms with E-state index in [9.17, 15) is 0 Å². The van der Waals surface area contributed by atoms with Crippen LogP contribution in [0.25, 0.3) is 0 Å². The predicted octanol–water partition coefficient (Wildman–Crippen LogP) is 1.96. The van der Waals surface area contributed by atoms with E-state index in [4.69, 9.17) is 4.57 Å². The number of hydrogen-bond acceptors (Lipinski definition) is 2. The maximum Gasteiger partial charge on any atom is 0.575 e. The highest BCUT2D eigenvalue weighted by atomic mass is 35.9. The molecule has 0 radical (unpaired) electrons. The lowest BCUT2D eigenvalue weighted by Crippen LogP contribution is -1.89. The summed E-state index contributed by atoms with van der Waals surface area (Å²) in [6.45, 7) is -1.93. The van der Waals surface area contributed by atoms with Crippen molar-refractivity contribution in [2.45, 2.75) is 0 Å². The van der Waals surface area contributed by atoms with E-state index in [1.807, 2.05) is 14.1 Å². The first-order valence-corrected chi connectivity index (χ1v) is 4.59. The fourth-order valence-electron chi connectivity index (χ4n) is 0. The highest BCUT2D eigenvalue weighted by Crippen LogP contribution is 2.31. The minimum absolute atomic E-state index is 1.88. The van der Waals surface area contributed by atoms with Crippen molar-refractivity contribution in [1.82, 2.24) is 5.32 Å². The number of hydrogen-bond donors (Lipinski definition) is 1. The summed E-state index contributed by atoms with van der Waals surface area (Å²) < 4.78 is 9.12. The largest absolute Gasteiger partial charge is 0.575 e. The van der Waals surface area contributed by atoms with E-state index in [1.54, 1.807) is 0 Å². The van der Waals surface area contributed by atoms with Crippen LogP contribution in [0.1, 0.15) is 0 Å². The molecule has 0 rings (SSSR count). The molecule has 0 aromatic carbocycles. The van der Waals surface area contributed by atoms with E-state index < -0.39 is 6.51 Å². The molecule has 0 heterocycles. The Labute approximate surface area is 53.6 Å². The van der Waals surface area contributed by atoms with Gasteiger partial charge in [0.05, 0.1) is 0 Å². The van der Waals surface area contributed by atoms with Gasteiger partial charge in [-0.15, -0.1) is 0 Å². The fourth-order valence-corrected chi connectivity index (χ4v) is 0. The van der Waals surface area contributed by atoms with Crippen LogP contribution in [-0.2, 0) is 4.57 Å². The van der Waals surface area contributed by atoms with Crippen molar-refractivity contribution in [3.63, 3.8) is 0 Å². The molecule has 0 aromatic heterocycles. The minimum Gasteiger partial charge on any atom is -0.323 e. The Hall–Kier alpha value is 0.640. The Morgan fingerprint density at radius 2 is 1.43 bits per heavy atom. The van der Waals surface area contributed by atoms with Crippen LogP contribution in [0.2, 0.25) is 0 Å². The summed E-state index contributed by atoms with van der Waals surface area (Å²) in [5.41, 5.74) is 0. The Morgan fingerprint density at radius 1 is 1.43 bits per heavy atom. The van der Waals surface area contributed by atoms with Crippen molar-refractivity contribution in [2.75, 3.05) is 14.1 Å². The molecule has 0 bridgehead atoms. The summed E-state index contributed by atoms with van der Waals surface area (Å²) in [4.78, 5) is 0.